The van der Waals surface area contributed by atoms with Gasteiger partial charge >= 0.3 is 5.97 Å². The van der Waals surface area contributed by atoms with Gasteiger partial charge in [-0.1, -0.05) is 32.6 Å². The van der Waals surface area contributed by atoms with Crippen LogP contribution in [0.25, 0.3) is 0 Å². The van der Waals surface area contributed by atoms with Gasteiger partial charge in [-0.25, -0.2) is 4.79 Å². The molecule has 0 aliphatic heterocycles. The molecule has 1 atom stereocenters. The number of carboxylic acids is 1. The Hall–Kier alpha value is -1.59. The summed E-state index contributed by atoms with van der Waals surface area (Å²) in [5.74, 6) is -0.890. The third-order valence-electron chi connectivity index (χ3n) is 5.63. The van der Waals surface area contributed by atoms with Gasteiger partial charge < -0.3 is 15.7 Å². The highest BCUT2D eigenvalue weighted by atomic mass is 16.4. The summed E-state index contributed by atoms with van der Waals surface area (Å²) in [5, 5.41) is 15.1. The molecule has 142 valence electrons. The predicted octanol–water partition coefficient (Wildman–Crippen LogP) is 2.61. The Balaban J connectivity index is 1.73. The van der Waals surface area contributed by atoms with Crippen molar-refractivity contribution >= 4 is 17.8 Å². The molecule has 2 amide bonds. The van der Waals surface area contributed by atoms with Gasteiger partial charge in [-0.05, 0) is 44.9 Å². The third-order valence-corrected chi connectivity index (χ3v) is 5.63. The fraction of sp³-hybridized carbons (Fsp3) is 0.842. The summed E-state index contributed by atoms with van der Waals surface area (Å²) in [5.41, 5.74) is 0. The molecule has 1 unspecified atom stereocenters. The number of aliphatic carboxylic acids is 1. The van der Waals surface area contributed by atoms with E-state index in [0.717, 1.165) is 51.4 Å². The van der Waals surface area contributed by atoms with Gasteiger partial charge in [0.1, 0.15) is 6.04 Å². The lowest BCUT2D eigenvalue weighted by Gasteiger charge is -2.30. The lowest BCUT2D eigenvalue weighted by molar-refractivity contribution is -0.143. The molecule has 2 fully saturated rings. The summed E-state index contributed by atoms with van der Waals surface area (Å²) < 4.78 is 0. The summed E-state index contributed by atoms with van der Waals surface area (Å²) >= 11 is 0. The van der Waals surface area contributed by atoms with Crippen LogP contribution in [0.15, 0.2) is 0 Å². The summed E-state index contributed by atoms with van der Waals surface area (Å²) in [6, 6.07) is -0.625. The van der Waals surface area contributed by atoms with E-state index in [1.807, 2.05) is 6.92 Å². The molecular weight excluding hydrogens is 320 g/mol. The standard InChI is InChI=1S/C19H32N2O4/c1-2-3-8-16(19(24)25)21-18(23)14-9-11-15(12-10-14)20-17(22)13-6-4-5-7-13/h13-16H,2-12H2,1H3,(H,20,22)(H,21,23)(H,24,25). The topological polar surface area (TPSA) is 95.5 Å². The average Bonchev–Trinajstić information content (AvgIpc) is 3.13. The number of carbonyl (C=O) groups excluding carboxylic acids is 2. The third kappa shape index (κ3) is 6.01. The molecule has 3 N–H and O–H groups in total. The maximum atomic E-state index is 12.4. The van der Waals surface area contributed by atoms with Gasteiger partial charge in [-0.3, -0.25) is 9.59 Å². The highest BCUT2D eigenvalue weighted by Gasteiger charge is 2.31. The summed E-state index contributed by atoms with van der Waals surface area (Å²) in [6.07, 6.45) is 9.47. The first-order chi connectivity index (χ1) is 12.0. The molecular formula is C19H32N2O4. The molecule has 0 heterocycles. The fourth-order valence-electron chi connectivity index (χ4n) is 3.96. The minimum Gasteiger partial charge on any atom is -0.480 e. The zero-order valence-corrected chi connectivity index (χ0v) is 15.3. The number of rotatable bonds is 8. The second-order valence-corrected chi connectivity index (χ2v) is 7.58. The van der Waals surface area contributed by atoms with Crippen molar-refractivity contribution in [2.75, 3.05) is 0 Å². The van der Waals surface area contributed by atoms with Crippen LogP contribution in [0, 0.1) is 11.8 Å². The number of hydrogen-bond acceptors (Lipinski definition) is 3. The summed E-state index contributed by atoms with van der Waals surface area (Å²) in [7, 11) is 0. The summed E-state index contributed by atoms with van der Waals surface area (Å²) in [6.45, 7) is 2.00. The van der Waals surface area contributed by atoms with Crippen LogP contribution in [-0.4, -0.2) is 35.0 Å². The van der Waals surface area contributed by atoms with Crippen LogP contribution in [0.4, 0.5) is 0 Å². The molecule has 2 aliphatic carbocycles. The minimum absolute atomic E-state index is 0.136. The molecule has 2 aliphatic rings. The first kappa shape index (κ1) is 19.7. The molecule has 0 bridgehead atoms. The van der Waals surface area contributed by atoms with Crippen LogP contribution in [0.5, 0.6) is 0 Å². The first-order valence-corrected chi connectivity index (χ1v) is 9.84. The minimum atomic E-state index is -0.959. The Kier molecular flexibility index (Phi) is 7.72. The van der Waals surface area contributed by atoms with Gasteiger partial charge in [-0.15, -0.1) is 0 Å². The van der Waals surface area contributed by atoms with Crippen LogP contribution in [-0.2, 0) is 14.4 Å². The molecule has 6 heteroatoms. The molecule has 0 spiro atoms. The summed E-state index contributed by atoms with van der Waals surface area (Å²) in [4.78, 5) is 35.8. The Morgan fingerprint density at radius 3 is 2.12 bits per heavy atom. The number of nitrogens with one attached hydrogen (secondary N) is 2. The quantitative estimate of drug-likeness (QED) is 0.626. The van der Waals surface area contributed by atoms with Gasteiger partial charge in [0.25, 0.3) is 0 Å². The van der Waals surface area contributed by atoms with E-state index in [4.69, 9.17) is 0 Å². The largest absolute Gasteiger partial charge is 0.480 e. The molecule has 0 aromatic heterocycles. The number of carbonyl (C=O) groups is 3. The van der Waals surface area contributed by atoms with Crippen molar-refractivity contribution < 1.29 is 19.5 Å². The van der Waals surface area contributed by atoms with E-state index < -0.39 is 12.0 Å². The second-order valence-electron chi connectivity index (χ2n) is 7.58. The zero-order chi connectivity index (χ0) is 18.2. The Morgan fingerprint density at radius 1 is 0.960 bits per heavy atom. The average molecular weight is 352 g/mol. The lowest BCUT2D eigenvalue weighted by Crippen LogP contribution is -2.46. The van der Waals surface area contributed by atoms with Gasteiger partial charge in [-0.2, -0.15) is 0 Å². The number of unbranched alkanes of at least 4 members (excludes halogenated alkanes) is 1. The zero-order valence-electron chi connectivity index (χ0n) is 15.3. The van der Waals surface area contributed by atoms with Crippen molar-refractivity contribution in [1.29, 1.82) is 0 Å². The lowest BCUT2D eigenvalue weighted by atomic mass is 9.85. The number of hydrogen-bond donors (Lipinski definition) is 3. The van der Waals surface area contributed by atoms with E-state index in [1.165, 1.54) is 0 Å². The van der Waals surface area contributed by atoms with Crippen molar-refractivity contribution in [3.05, 3.63) is 0 Å². The van der Waals surface area contributed by atoms with E-state index in [1.54, 1.807) is 0 Å². The van der Waals surface area contributed by atoms with Crippen LogP contribution in [0.1, 0.15) is 77.6 Å². The Bertz CT molecular complexity index is 466. The Labute approximate surface area is 150 Å². The monoisotopic (exact) mass is 352 g/mol. The normalized spacial score (nSPS) is 25.3. The van der Waals surface area contributed by atoms with Gasteiger partial charge in [0, 0.05) is 17.9 Å². The number of carboxylic acid groups (broad SMARTS) is 1. The van der Waals surface area contributed by atoms with Gasteiger partial charge in [0.15, 0.2) is 0 Å². The SMILES string of the molecule is CCCCC(NC(=O)C1CCC(NC(=O)C2CCCC2)CC1)C(=O)O. The van der Waals surface area contributed by atoms with Gasteiger partial charge in [0.2, 0.25) is 11.8 Å². The van der Waals surface area contributed by atoms with E-state index in [2.05, 4.69) is 10.6 Å². The molecule has 0 saturated heterocycles. The molecule has 0 radical (unpaired) electrons. The van der Waals surface area contributed by atoms with E-state index in [9.17, 15) is 19.5 Å². The van der Waals surface area contributed by atoms with E-state index in [-0.39, 0.29) is 29.7 Å². The highest BCUT2D eigenvalue weighted by molar-refractivity contribution is 5.85. The second kappa shape index (κ2) is 9.78. The Morgan fingerprint density at radius 2 is 1.56 bits per heavy atom. The molecule has 25 heavy (non-hydrogen) atoms. The van der Waals surface area contributed by atoms with Crippen molar-refractivity contribution in [3.63, 3.8) is 0 Å². The molecule has 2 saturated carbocycles. The molecule has 0 aromatic rings. The van der Waals surface area contributed by atoms with Crippen LogP contribution < -0.4 is 10.6 Å². The number of amides is 2. The van der Waals surface area contributed by atoms with Crippen molar-refractivity contribution in [1.82, 2.24) is 10.6 Å². The smallest absolute Gasteiger partial charge is 0.326 e. The van der Waals surface area contributed by atoms with Crippen molar-refractivity contribution in [3.8, 4) is 0 Å². The van der Waals surface area contributed by atoms with E-state index >= 15 is 0 Å². The van der Waals surface area contributed by atoms with E-state index in [0.29, 0.717) is 19.3 Å². The highest BCUT2D eigenvalue weighted by Crippen LogP contribution is 2.28. The van der Waals surface area contributed by atoms with Crippen LogP contribution in [0.3, 0.4) is 0 Å². The maximum Gasteiger partial charge on any atom is 0.326 e. The molecule has 0 aromatic carbocycles. The first-order valence-electron chi connectivity index (χ1n) is 9.84. The maximum absolute atomic E-state index is 12.4. The molecule has 2 rings (SSSR count). The predicted molar refractivity (Wildman–Crippen MR) is 94.9 cm³/mol. The van der Waals surface area contributed by atoms with Crippen LogP contribution in [0.2, 0.25) is 0 Å². The fourth-order valence-corrected chi connectivity index (χ4v) is 3.96. The van der Waals surface area contributed by atoms with Crippen LogP contribution >= 0.6 is 0 Å². The van der Waals surface area contributed by atoms with Crippen molar-refractivity contribution in [2.24, 2.45) is 11.8 Å². The molecule has 6 nitrogen and oxygen atoms in total. The van der Waals surface area contributed by atoms with Gasteiger partial charge in [0.05, 0.1) is 0 Å². The van der Waals surface area contributed by atoms with Crippen molar-refractivity contribution in [2.45, 2.75) is 89.6 Å².